The van der Waals surface area contributed by atoms with E-state index in [0.717, 1.165) is 6.42 Å². The minimum atomic E-state index is -0.449. The van der Waals surface area contributed by atoms with Gasteiger partial charge in [0.05, 0.1) is 10.7 Å². The van der Waals surface area contributed by atoms with Crippen LogP contribution in [0.5, 0.6) is 0 Å². The molecule has 0 radical (unpaired) electrons. The van der Waals surface area contributed by atoms with Crippen molar-refractivity contribution in [2.45, 2.75) is 11.6 Å². The largest absolute Gasteiger partial charge is 0.355 e. The molecule has 0 saturated heterocycles. The van der Waals surface area contributed by atoms with Crippen LogP contribution in [-0.4, -0.2) is 37.9 Å². The van der Waals surface area contributed by atoms with Crippen molar-refractivity contribution >= 4 is 23.4 Å². The van der Waals surface area contributed by atoms with E-state index in [4.69, 9.17) is 0 Å². The van der Waals surface area contributed by atoms with Crippen molar-refractivity contribution in [3.63, 3.8) is 0 Å². The molecule has 0 aliphatic carbocycles. The van der Waals surface area contributed by atoms with Gasteiger partial charge in [-0.1, -0.05) is 54.2 Å². The Hall–Kier alpha value is -3.20. The standard InChI is InChI=1S/C19H19N5O3S/c1-23-18(15-8-5-9-16(12-15)24(26)27)21-22-19(23)28-13-17(25)20-11-10-14-6-3-2-4-7-14/h2-9,12H,10-11,13H2,1H3,(H,20,25). The number of nitro groups is 1. The lowest BCUT2D eigenvalue weighted by atomic mass is 10.1. The first kappa shape index (κ1) is 19.6. The number of hydrogen-bond acceptors (Lipinski definition) is 6. The second kappa shape index (κ2) is 9.14. The van der Waals surface area contributed by atoms with Crippen LogP contribution in [-0.2, 0) is 18.3 Å². The summed E-state index contributed by atoms with van der Waals surface area (Å²) >= 11 is 1.27. The number of nitrogens with zero attached hydrogens (tertiary/aromatic N) is 4. The van der Waals surface area contributed by atoms with Gasteiger partial charge in [0.2, 0.25) is 5.91 Å². The quantitative estimate of drug-likeness (QED) is 0.356. The molecule has 0 unspecified atom stereocenters. The van der Waals surface area contributed by atoms with E-state index in [9.17, 15) is 14.9 Å². The Bertz CT molecular complexity index is 975. The van der Waals surface area contributed by atoms with Gasteiger partial charge in [-0.05, 0) is 12.0 Å². The Morgan fingerprint density at radius 1 is 1.18 bits per heavy atom. The molecule has 0 atom stereocenters. The van der Waals surface area contributed by atoms with Gasteiger partial charge >= 0.3 is 0 Å². The molecular formula is C19H19N5O3S. The highest BCUT2D eigenvalue weighted by molar-refractivity contribution is 7.99. The fraction of sp³-hybridized carbons (Fsp3) is 0.211. The third-order valence-corrected chi connectivity index (χ3v) is 5.08. The van der Waals surface area contributed by atoms with Gasteiger partial charge in [-0.2, -0.15) is 0 Å². The van der Waals surface area contributed by atoms with Gasteiger partial charge in [0.15, 0.2) is 11.0 Å². The molecule has 0 aliphatic rings. The number of rotatable bonds is 8. The van der Waals surface area contributed by atoms with Gasteiger partial charge in [0.1, 0.15) is 0 Å². The molecule has 0 bridgehead atoms. The number of thioether (sulfide) groups is 1. The number of aromatic nitrogens is 3. The number of amides is 1. The van der Waals surface area contributed by atoms with E-state index in [2.05, 4.69) is 15.5 Å². The summed E-state index contributed by atoms with van der Waals surface area (Å²) < 4.78 is 1.72. The zero-order chi connectivity index (χ0) is 19.9. The fourth-order valence-electron chi connectivity index (χ4n) is 2.62. The first-order chi connectivity index (χ1) is 13.5. The van der Waals surface area contributed by atoms with E-state index in [0.29, 0.717) is 23.1 Å². The van der Waals surface area contributed by atoms with E-state index < -0.39 is 4.92 Å². The third kappa shape index (κ3) is 4.95. The zero-order valence-electron chi connectivity index (χ0n) is 15.2. The lowest BCUT2D eigenvalue weighted by molar-refractivity contribution is -0.384. The maximum Gasteiger partial charge on any atom is 0.270 e. The van der Waals surface area contributed by atoms with Crippen molar-refractivity contribution in [3.05, 3.63) is 70.3 Å². The fourth-order valence-corrected chi connectivity index (χ4v) is 3.36. The second-order valence-corrected chi connectivity index (χ2v) is 6.99. The molecule has 0 spiro atoms. The van der Waals surface area contributed by atoms with E-state index >= 15 is 0 Å². The van der Waals surface area contributed by atoms with E-state index in [1.54, 1.807) is 23.7 Å². The number of benzene rings is 2. The normalized spacial score (nSPS) is 10.6. The molecule has 3 aromatic rings. The first-order valence-electron chi connectivity index (χ1n) is 8.62. The highest BCUT2D eigenvalue weighted by atomic mass is 32.2. The van der Waals surface area contributed by atoms with Gasteiger partial charge in [-0.3, -0.25) is 14.9 Å². The molecule has 1 heterocycles. The van der Waals surface area contributed by atoms with Crippen LogP contribution in [0.1, 0.15) is 5.56 Å². The molecule has 1 N–H and O–H groups in total. The van der Waals surface area contributed by atoms with Crippen LogP contribution in [0.2, 0.25) is 0 Å². The summed E-state index contributed by atoms with van der Waals surface area (Å²) in [6, 6.07) is 16.2. The zero-order valence-corrected chi connectivity index (χ0v) is 16.1. The second-order valence-electron chi connectivity index (χ2n) is 6.05. The third-order valence-electron chi connectivity index (χ3n) is 4.06. The SMILES string of the molecule is Cn1c(SCC(=O)NCCc2ccccc2)nnc1-c1cccc([N+](=O)[O-])c1. The molecule has 0 aliphatic heterocycles. The monoisotopic (exact) mass is 397 g/mol. The Kier molecular flexibility index (Phi) is 6.38. The summed E-state index contributed by atoms with van der Waals surface area (Å²) in [7, 11) is 1.77. The van der Waals surface area contributed by atoms with Gasteiger partial charge in [-0.15, -0.1) is 10.2 Å². The van der Waals surface area contributed by atoms with E-state index in [1.807, 2.05) is 30.3 Å². The maximum absolute atomic E-state index is 12.0. The molecule has 3 rings (SSSR count). The molecule has 1 aromatic heterocycles. The van der Waals surface area contributed by atoms with Crippen molar-refractivity contribution in [1.82, 2.24) is 20.1 Å². The molecule has 2 aromatic carbocycles. The smallest absolute Gasteiger partial charge is 0.270 e. The first-order valence-corrected chi connectivity index (χ1v) is 9.61. The number of carbonyl (C=O) groups excluding carboxylic acids is 1. The van der Waals surface area contributed by atoms with Crippen LogP contribution < -0.4 is 5.32 Å². The minimum Gasteiger partial charge on any atom is -0.355 e. The predicted octanol–water partition coefficient (Wildman–Crippen LogP) is 2.84. The summed E-state index contributed by atoms with van der Waals surface area (Å²) in [6.45, 7) is 0.571. The van der Waals surface area contributed by atoms with E-state index in [-0.39, 0.29) is 17.3 Å². The average molecular weight is 397 g/mol. The molecule has 144 valence electrons. The van der Waals surface area contributed by atoms with Crippen LogP contribution in [0, 0.1) is 10.1 Å². The van der Waals surface area contributed by atoms with Crippen molar-refractivity contribution < 1.29 is 9.72 Å². The van der Waals surface area contributed by atoms with Gasteiger partial charge in [0, 0.05) is 31.3 Å². The maximum atomic E-state index is 12.0. The Labute approximate surface area is 166 Å². The number of nitro benzene ring substituents is 1. The van der Waals surface area contributed by atoms with Crippen LogP contribution in [0.15, 0.2) is 59.8 Å². The highest BCUT2D eigenvalue weighted by Gasteiger charge is 2.15. The molecule has 8 nitrogen and oxygen atoms in total. The molecule has 0 saturated carbocycles. The summed E-state index contributed by atoms with van der Waals surface area (Å²) in [6.07, 6.45) is 0.776. The number of nitrogens with one attached hydrogen (secondary N) is 1. The topological polar surface area (TPSA) is 103 Å². The summed E-state index contributed by atoms with van der Waals surface area (Å²) in [4.78, 5) is 22.5. The summed E-state index contributed by atoms with van der Waals surface area (Å²) in [5.74, 6) is 0.645. The van der Waals surface area contributed by atoms with Gasteiger partial charge in [-0.25, -0.2) is 0 Å². The number of hydrogen-bond donors (Lipinski definition) is 1. The number of non-ortho nitro benzene ring substituents is 1. The van der Waals surface area contributed by atoms with Crippen LogP contribution in [0.3, 0.4) is 0 Å². The Balaban J connectivity index is 1.55. The predicted molar refractivity (Wildman–Crippen MR) is 107 cm³/mol. The van der Waals surface area contributed by atoms with Crippen molar-refractivity contribution in [2.24, 2.45) is 7.05 Å². The van der Waals surface area contributed by atoms with Crippen molar-refractivity contribution in [2.75, 3.05) is 12.3 Å². The van der Waals surface area contributed by atoms with Gasteiger partial charge < -0.3 is 9.88 Å². The number of carbonyl (C=O) groups is 1. The Morgan fingerprint density at radius 2 is 1.96 bits per heavy atom. The summed E-state index contributed by atoms with van der Waals surface area (Å²) in [5, 5.41) is 22.6. The summed E-state index contributed by atoms with van der Waals surface area (Å²) in [5.41, 5.74) is 1.77. The molecule has 1 amide bonds. The van der Waals surface area contributed by atoms with Crippen LogP contribution in [0.25, 0.3) is 11.4 Å². The van der Waals surface area contributed by atoms with E-state index in [1.165, 1.54) is 29.5 Å². The molecule has 9 heteroatoms. The molecular weight excluding hydrogens is 378 g/mol. The Morgan fingerprint density at radius 3 is 2.71 bits per heavy atom. The minimum absolute atomic E-state index is 0.00695. The lowest BCUT2D eigenvalue weighted by Gasteiger charge is -2.06. The molecule has 0 fully saturated rings. The lowest BCUT2D eigenvalue weighted by Crippen LogP contribution is -2.27. The highest BCUT2D eigenvalue weighted by Crippen LogP contribution is 2.25. The average Bonchev–Trinajstić information content (AvgIpc) is 3.08. The van der Waals surface area contributed by atoms with Gasteiger partial charge in [0.25, 0.3) is 5.69 Å². The van der Waals surface area contributed by atoms with Crippen LogP contribution in [0.4, 0.5) is 5.69 Å². The van der Waals surface area contributed by atoms with Crippen LogP contribution >= 0.6 is 11.8 Å². The molecule has 28 heavy (non-hydrogen) atoms. The van der Waals surface area contributed by atoms with Crippen molar-refractivity contribution in [1.29, 1.82) is 0 Å². The van der Waals surface area contributed by atoms with Crippen molar-refractivity contribution in [3.8, 4) is 11.4 Å².